The van der Waals surface area contributed by atoms with E-state index in [1.54, 1.807) is 0 Å². The molecule has 0 atom stereocenters. The van der Waals surface area contributed by atoms with Gasteiger partial charge in [-0.1, -0.05) is 26.0 Å². The molecule has 1 aromatic carbocycles. The van der Waals surface area contributed by atoms with Crippen LogP contribution in [0.3, 0.4) is 0 Å². The highest BCUT2D eigenvalue weighted by molar-refractivity contribution is 6.02. The fourth-order valence-electron chi connectivity index (χ4n) is 2.38. The standard InChI is InChI=1S/C16H23F2N5.ClH/c1-11(2)12-3-5-13(6-4-12)21-14(19)22-15(20)23-9-7-16(17,18)8-10-23;/h3-6,11H,7-10H2,1-2H3,(H4,19,20,21,22);1H. The van der Waals surface area contributed by atoms with Gasteiger partial charge >= 0.3 is 0 Å². The van der Waals surface area contributed by atoms with Gasteiger partial charge in [0.05, 0.1) is 0 Å². The van der Waals surface area contributed by atoms with Crippen molar-refractivity contribution in [1.29, 1.82) is 10.8 Å². The van der Waals surface area contributed by atoms with Gasteiger partial charge in [-0.2, -0.15) is 0 Å². The number of nitrogens with zero attached hydrogens (tertiary/aromatic N) is 1. The van der Waals surface area contributed by atoms with Gasteiger partial charge < -0.3 is 10.2 Å². The first-order valence-corrected chi connectivity index (χ1v) is 7.71. The van der Waals surface area contributed by atoms with Crippen molar-refractivity contribution in [3.05, 3.63) is 29.8 Å². The summed E-state index contributed by atoms with van der Waals surface area (Å²) in [5.74, 6) is -2.28. The van der Waals surface area contributed by atoms with Crippen molar-refractivity contribution < 1.29 is 8.78 Å². The van der Waals surface area contributed by atoms with Gasteiger partial charge in [-0.05, 0) is 23.6 Å². The molecule has 0 aliphatic carbocycles. The van der Waals surface area contributed by atoms with Crippen molar-refractivity contribution in [1.82, 2.24) is 10.2 Å². The smallest absolute Gasteiger partial charge is 0.251 e. The molecule has 5 nitrogen and oxygen atoms in total. The molecule has 1 fully saturated rings. The first-order chi connectivity index (χ1) is 10.8. The summed E-state index contributed by atoms with van der Waals surface area (Å²) >= 11 is 0. The van der Waals surface area contributed by atoms with Gasteiger partial charge in [0.15, 0.2) is 11.9 Å². The third-order valence-corrected chi connectivity index (χ3v) is 3.90. The Balaban J connectivity index is 0.00000288. The quantitative estimate of drug-likeness (QED) is 0.479. The number of piperidine rings is 1. The van der Waals surface area contributed by atoms with Gasteiger partial charge in [-0.25, -0.2) is 8.78 Å². The molecule has 0 spiro atoms. The second kappa shape index (κ2) is 8.28. The maximum Gasteiger partial charge on any atom is 0.251 e. The van der Waals surface area contributed by atoms with Crippen LogP contribution in [0, 0.1) is 10.8 Å². The molecule has 1 heterocycles. The number of alkyl halides is 2. The fraction of sp³-hybridized carbons (Fsp3) is 0.500. The summed E-state index contributed by atoms with van der Waals surface area (Å²) in [5.41, 5.74) is 1.95. The summed E-state index contributed by atoms with van der Waals surface area (Å²) in [6.07, 6.45) is -0.511. The molecule has 0 saturated carbocycles. The van der Waals surface area contributed by atoms with E-state index < -0.39 is 5.92 Å². The molecule has 1 aliphatic rings. The van der Waals surface area contributed by atoms with E-state index in [0.717, 1.165) is 5.69 Å². The van der Waals surface area contributed by atoms with E-state index in [4.69, 9.17) is 10.8 Å². The Morgan fingerprint density at radius 3 is 2.17 bits per heavy atom. The molecule has 2 rings (SSSR count). The molecule has 134 valence electrons. The molecule has 0 aromatic heterocycles. The highest BCUT2D eigenvalue weighted by atomic mass is 35.5. The van der Waals surface area contributed by atoms with Crippen LogP contribution in [0.5, 0.6) is 0 Å². The van der Waals surface area contributed by atoms with Crippen LogP contribution >= 0.6 is 12.4 Å². The molecule has 0 radical (unpaired) electrons. The highest BCUT2D eigenvalue weighted by Crippen LogP contribution is 2.27. The summed E-state index contributed by atoms with van der Waals surface area (Å²) in [6, 6.07) is 7.71. The summed E-state index contributed by atoms with van der Waals surface area (Å²) in [7, 11) is 0. The highest BCUT2D eigenvalue weighted by Gasteiger charge is 2.34. The number of nitrogens with one attached hydrogen (secondary N) is 4. The molecule has 24 heavy (non-hydrogen) atoms. The minimum atomic E-state index is -2.64. The first kappa shape index (κ1) is 20.2. The van der Waals surface area contributed by atoms with Gasteiger partial charge in [0.1, 0.15) is 0 Å². The third-order valence-electron chi connectivity index (χ3n) is 3.90. The Morgan fingerprint density at radius 2 is 1.67 bits per heavy atom. The molecular formula is C16H24ClF2N5. The zero-order valence-electron chi connectivity index (χ0n) is 13.8. The number of anilines is 1. The van der Waals surface area contributed by atoms with Crippen LogP contribution in [0.4, 0.5) is 14.5 Å². The van der Waals surface area contributed by atoms with Gasteiger partial charge in [0, 0.05) is 31.6 Å². The lowest BCUT2D eigenvalue weighted by atomic mass is 10.0. The second-order valence-corrected chi connectivity index (χ2v) is 6.09. The Labute approximate surface area is 147 Å². The zero-order chi connectivity index (χ0) is 17.0. The monoisotopic (exact) mass is 359 g/mol. The van der Waals surface area contributed by atoms with Crippen LogP contribution < -0.4 is 10.6 Å². The van der Waals surface area contributed by atoms with Crippen molar-refractivity contribution >= 4 is 30.0 Å². The summed E-state index contributed by atoms with van der Waals surface area (Å²) < 4.78 is 26.2. The minimum absolute atomic E-state index is 0. The van der Waals surface area contributed by atoms with Crippen LogP contribution in [-0.2, 0) is 0 Å². The molecule has 1 aromatic rings. The van der Waals surface area contributed by atoms with Crippen LogP contribution in [0.2, 0.25) is 0 Å². The maximum absolute atomic E-state index is 13.1. The number of hydrogen-bond acceptors (Lipinski definition) is 2. The number of benzene rings is 1. The molecule has 1 saturated heterocycles. The normalized spacial score (nSPS) is 16.3. The molecule has 0 unspecified atom stereocenters. The topological polar surface area (TPSA) is 75.0 Å². The van der Waals surface area contributed by atoms with Crippen molar-refractivity contribution in [2.75, 3.05) is 18.4 Å². The van der Waals surface area contributed by atoms with Gasteiger partial charge in [-0.3, -0.25) is 16.1 Å². The summed E-state index contributed by atoms with van der Waals surface area (Å²) in [5, 5.41) is 21.2. The summed E-state index contributed by atoms with van der Waals surface area (Å²) in [6.45, 7) is 4.45. The van der Waals surface area contributed by atoms with Crippen LogP contribution in [0.15, 0.2) is 24.3 Å². The maximum atomic E-state index is 13.1. The van der Waals surface area contributed by atoms with E-state index in [9.17, 15) is 8.78 Å². The van der Waals surface area contributed by atoms with Gasteiger partial charge in [-0.15, -0.1) is 12.4 Å². The predicted octanol–water partition coefficient (Wildman–Crippen LogP) is 3.83. The van der Waals surface area contributed by atoms with Crippen molar-refractivity contribution in [3.63, 3.8) is 0 Å². The average Bonchev–Trinajstić information content (AvgIpc) is 2.47. The van der Waals surface area contributed by atoms with Gasteiger partial charge in [0.25, 0.3) is 5.92 Å². The van der Waals surface area contributed by atoms with Crippen LogP contribution in [-0.4, -0.2) is 35.8 Å². The lowest BCUT2D eigenvalue weighted by molar-refractivity contribution is -0.0438. The number of hydrogen-bond donors (Lipinski definition) is 4. The molecule has 1 aliphatic heterocycles. The van der Waals surface area contributed by atoms with Crippen molar-refractivity contribution in [2.24, 2.45) is 0 Å². The van der Waals surface area contributed by atoms with Crippen LogP contribution in [0.25, 0.3) is 0 Å². The van der Waals surface area contributed by atoms with Gasteiger partial charge in [0.2, 0.25) is 0 Å². The third kappa shape index (κ3) is 5.63. The van der Waals surface area contributed by atoms with E-state index in [0.29, 0.717) is 5.92 Å². The Kier molecular flexibility index (Phi) is 6.95. The first-order valence-electron chi connectivity index (χ1n) is 7.71. The lowest BCUT2D eigenvalue weighted by Gasteiger charge is -2.33. The van der Waals surface area contributed by atoms with Crippen LogP contribution in [0.1, 0.15) is 38.2 Å². The van der Waals surface area contributed by atoms with Crippen molar-refractivity contribution in [3.8, 4) is 0 Å². The number of rotatable bonds is 2. The molecule has 4 N–H and O–H groups in total. The van der Waals surface area contributed by atoms with E-state index >= 15 is 0 Å². The number of halogens is 3. The number of guanidine groups is 2. The van der Waals surface area contributed by atoms with E-state index in [1.165, 1.54) is 10.5 Å². The molecule has 0 amide bonds. The Hall–Kier alpha value is -1.89. The predicted molar refractivity (Wildman–Crippen MR) is 95.7 cm³/mol. The van der Waals surface area contributed by atoms with E-state index in [2.05, 4.69) is 24.5 Å². The zero-order valence-corrected chi connectivity index (χ0v) is 14.6. The second-order valence-electron chi connectivity index (χ2n) is 6.09. The molecular weight excluding hydrogens is 336 g/mol. The number of likely N-dealkylation sites (tertiary alicyclic amines) is 1. The summed E-state index contributed by atoms with van der Waals surface area (Å²) in [4.78, 5) is 1.52. The SMILES string of the molecule is CC(C)c1ccc(NC(=N)NC(=N)N2CCC(F)(F)CC2)cc1.Cl. The lowest BCUT2D eigenvalue weighted by Crippen LogP contribution is -2.50. The van der Waals surface area contributed by atoms with E-state index in [1.807, 2.05) is 24.3 Å². The van der Waals surface area contributed by atoms with E-state index in [-0.39, 0.29) is 50.3 Å². The average molecular weight is 360 g/mol. The van der Waals surface area contributed by atoms with Crippen molar-refractivity contribution in [2.45, 2.75) is 38.5 Å². The fourth-order valence-corrected chi connectivity index (χ4v) is 2.38. The Bertz CT molecular complexity index is 564. The molecule has 8 heteroatoms. The minimum Gasteiger partial charge on any atom is -0.342 e. The molecule has 0 bridgehead atoms. The largest absolute Gasteiger partial charge is 0.342 e. The Morgan fingerprint density at radius 1 is 1.12 bits per heavy atom.